The van der Waals surface area contributed by atoms with Gasteiger partial charge in [-0.3, -0.25) is 9.59 Å². The van der Waals surface area contributed by atoms with Gasteiger partial charge in [0.25, 0.3) is 0 Å². The van der Waals surface area contributed by atoms with Gasteiger partial charge in [-0.25, -0.2) is 0 Å². The minimum Gasteiger partial charge on any atom is -0.486 e. The normalized spacial score (nSPS) is 14.3. The fourth-order valence-corrected chi connectivity index (χ4v) is 3.06. The summed E-state index contributed by atoms with van der Waals surface area (Å²) in [4.78, 5) is 24.4. The molecule has 2 aromatic rings. The Morgan fingerprint density at radius 3 is 2.00 bits per heavy atom. The number of para-hydroxylation sites is 1. The van der Waals surface area contributed by atoms with Crippen LogP contribution in [0.25, 0.3) is 0 Å². The van der Waals surface area contributed by atoms with Crippen LogP contribution in [-0.4, -0.2) is 30.3 Å². The van der Waals surface area contributed by atoms with Crippen LogP contribution in [-0.2, 0) is 25.7 Å². The lowest BCUT2D eigenvalue weighted by Gasteiger charge is -2.29. The zero-order valence-electron chi connectivity index (χ0n) is 18.2. The van der Waals surface area contributed by atoms with E-state index in [9.17, 15) is 22.8 Å². The van der Waals surface area contributed by atoms with Gasteiger partial charge in [0, 0.05) is 0 Å². The van der Waals surface area contributed by atoms with E-state index < -0.39 is 42.7 Å². The second-order valence-electron chi connectivity index (χ2n) is 7.73. The van der Waals surface area contributed by atoms with Gasteiger partial charge < -0.3 is 14.2 Å². The lowest BCUT2D eigenvalue weighted by Crippen LogP contribution is -2.42. The molecular weight excluding hydrogens is 425 g/mol. The molecule has 0 aliphatic carbocycles. The fraction of sp³-hybridized carbons (Fsp3) is 0.417. The molecule has 0 aromatic heterocycles. The van der Waals surface area contributed by atoms with E-state index in [1.165, 1.54) is 6.92 Å². The number of hydrogen-bond donors (Lipinski definition) is 0. The highest BCUT2D eigenvalue weighted by Gasteiger charge is 2.48. The van der Waals surface area contributed by atoms with Gasteiger partial charge in [-0.15, -0.1) is 0 Å². The van der Waals surface area contributed by atoms with E-state index in [-0.39, 0.29) is 12.5 Å². The molecule has 3 atom stereocenters. The van der Waals surface area contributed by atoms with Gasteiger partial charge in [0.15, 0.2) is 5.92 Å². The molecule has 0 saturated heterocycles. The summed E-state index contributed by atoms with van der Waals surface area (Å²) in [5.41, 5.74) is 0.624. The maximum atomic E-state index is 13.5. The number of hydrogen-bond acceptors (Lipinski definition) is 5. The van der Waals surface area contributed by atoms with Gasteiger partial charge in [0.05, 0.1) is 6.42 Å². The number of alkyl halides is 3. The highest BCUT2D eigenvalue weighted by atomic mass is 19.4. The number of benzene rings is 2. The van der Waals surface area contributed by atoms with Crippen LogP contribution < -0.4 is 4.74 Å². The van der Waals surface area contributed by atoms with Crippen molar-refractivity contribution in [3.63, 3.8) is 0 Å². The lowest BCUT2D eigenvalue weighted by atomic mass is 10.0. The maximum absolute atomic E-state index is 13.5. The summed E-state index contributed by atoms with van der Waals surface area (Å²) >= 11 is 0. The topological polar surface area (TPSA) is 61.8 Å². The Morgan fingerprint density at radius 2 is 1.47 bits per heavy atom. The first kappa shape index (κ1) is 25.2. The predicted octanol–water partition coefficient (Wildman–Crippen LogP) is 5.33. The van der Waals surface area contributed by atoms with Gasteiger partial charge in [-0.2, -0.15) is 13.2 Å². The van der Waals surface area contributed by atoms with Crippen molar-refractivity contribution in [2.45, 2.75) is 52.2 Å². The number of rotatable bonds is 10. The van der Waals surface area contributed by atoms with Crippen molar-refractivity contribution < 1.29 is 37.0 Å². The van der Waals surface area contributed by atoms with Crippen LogP contribution in [0.5, 0.6) is 5.75 Å². The molecule has 32 heavy (non-hydrogen) atoms. The standard InChI is InChI=1S/C24H27F3O5/c1-16(2)22(32-19-12-8-5-9-13-19)17(3)31-23(29)20(24(25,26)27)14-21(28)30-15-18-10-6-4-7-11-18/h4-13,16-17,20,22H,14-15H2,1-3H3/t17-,20+,22+/m0/s1. The molecule has 2 aromatic carbocycles. The molecule has 5 nitrogen and oxygen atoms in total. The second-order valence-corrected chi connectivity index (χ2v) is 7.73. The zero-order chi connectivity index (χ0) is 23.7. The van der Waals surface area contributed by atoms with Crippen molar-refractivity contribution in [2.75, 3.05) is 0 Å². The molecule has 0 aliphatic heterocycles. The molecule has 0 bridgehead atoms. The van der Waals surface area contributed by atoms with Crippen LogP contribution in [0.4, 0.5) is 13.2 Å². The van der Waals surface area contributed by atoms with Crippen LogP contribution in [0.3, 0.4) is 0 Å². The quantitative estimate of drug-likeness (QED) is 0.456. The van der Waals surface area contributed by atoms with Crippen LogP contribution >= 0.6 is 0 Å². The molecule has 0 heterocycles. The molecule has 174 valence electrons. The van der Waals surface area contributed by atoms with Crippen molar-refractivity contribution in [3.05, 3.63) is 66.2 Å². The lowest BCUT2D eigenvalue weighted by molar-refractivity contribution is -0.207. The molecule has 0 unspecified atom stereocenters. The minimum atomic E-state index is -4.96. The van der Waals surface area contributed by atoms with Crippen molar-refractivity contribution in [2.24, 2.45) is 11.8 Å². The van der Waals surface area contributed by atoms with Crippen molar-refractivity contribution >= 4 is 11.9 Å². The summed E-state index contributed by atoms with van der Waals surface area (Å²) in [7, 11) is 0. The minimum absolute atomic E-state index is 0.154. The van der Waals surface area contributed by atoms with E-state index in [0.717, 1.165) is 0 Å². The molecule has 0 fully saturated rings. The Hall–Kier alpha value is -3.03. The van der Waals surface area contributed by atoms with Crippen LogP contribution in [0.2, 0.25) is 0 Å². The molecule has 0 radical (unpaired) electrons. The number of esters is 2. The van der Waals surface area contributed by atoms with Crippen LogP contribution in [0, 0.1) is 11.8 Å². The van der Waals surface area contributed by atoms with Crippen LogP contribution in [0.1, 0.15) is 32.8 Å². The fourth-order valence-electron chi connectivity index (χ4n) is 3.06. The molecule has 2 rings (SSSR count). The van der Waals surface area contributed by atoms with E-state index >= 15 is 0 Å². The molecule has 0 amide bonds. The Balaban J connectivity index is 2.01. The van der Waals surface area contributed by atoms with Crippen molar-refractivity contribution in [1.82, 2.24) is 0 Å². The average Bonchev–Trinajstić information content (AvgIpc) is 2.74. The largest absolute Gasteiger partial charge is 0.486 e. The molecule has 8 heteroatoms. The summed E-state index contributed by atoms with van der Waals surface area (Å²) in [6.45, 7) is 4.89. The molecular formula is C24H27F3O5. The predicted molar refractivity (Wildman–Crippen MR) is 112 cm³/mol. The summed E-state index contributed by atoms with van der Waals surface area (Å²) in [6, 6.07) is 17.2. The summed E-state index contributed by atoms with van der Waals surface area (Å²) < 4.78 is 56.4. The molecule has 0 spiro atoms. The van der Waals surface area contributed by atoms with Crippen molar-refractivity contribution in [3.8, 4) is 5.75 Å². The summed E-state index contributed by atoms with van der Waals surface area (Å²) in [6.07, 6.45) is -7.78. The van der Waals surface area contributed by atoms with Gasteiger partial charge >= 0.3 is 18.1 Å². The summed E-state index contributed by atoms with van der Waals surface area (Å²) in [5.74, 6) is -4.95. The third-order valence-corrected chi connectivity index (χ3v) is 4.73. The number of carbonyl (C=O) groups excluding carboxylic acids is 2. The monoisotopic (exact) mass is 452 g/mol. The first-order valence-electron chi connectivity index (χ1n) is 10.3. The number of ether oxygens (including phenoxy) is 3. The van der Waals surface area contributed by atoms with Gasteiger partial charge in [-0.1, -0.05) is 62.4 Å². The smallest absolute Gasteiger partial charge is 0.402 e. The first-order chi connectivity index (χ1) is 15.1. The van der Waals surface area contributed by atoms with E-state index in [0.29, 0.717) is 11.3 Å². The Bertz CT molecular complexity index is 853. The number of carbonyl (C=O) groups is 2. The third-order valence-electron chi connectivity index (χ3n) is 4.73. The van der Waals surface area contributed by atoms with Gasteiger partial charge in [-0.05, 0) is 30.5 Å². The average molecular weight is 452 g/mol. The molecule has 0 aliphatic rings. The zero-order valence-corrected chi connectivity index (χ0v) is 18.2. The van der Waals surface area contributed by atoms with E-state index in [4.69, 9.17) is 14.2 Å². The maximum Gasteiger partial charge on any atom is 0.402 e. The Morgan fingerprint density at radius 1 is 0.906 bits per heavy atom. The summed E-state index contributed by atoms with van der Waals surface area (Å²) in [5, 5.41) is 0. The molecule has 0 N–H and O–H groups in total. The SMILES string of the molecule is CC(C)[C@@H](Oc1ccccc1)[C@H](C)OC(=O)[C@@H](CC(=O)OCc1ccccc1)C(F)(F)F. The molecule has 0 saturated carbocycles. The van der Waals surface area contributed by atoms with E-state index in [1.54, 1.807) is 74.5 Å². The Labute approximate surface area is 185 Å². The van der Waals surface area contributed by atoms with Gasteiger partial charge in [0.1, 0.15) is 24.6 Å². The van der Waals surface area contributed by atoms with E-state index in [1.807, 2.05) is 0 Å². The second kappa shape index (κ2) is 11.5. The van der Waals surface area contributed by atoms with E-state index in [2.05, 4.69) is 0 Å². The number of halogens is 3. The highest BCUT2D eigenvalue weighted by Crippen LogP contribution is 2.31. The van der Waals surface area contributed by atoms with Crippen LogP contribution in [0.15, 0.2) is 60.7 Å². The van der Waals surface area contributed by atoms with Gasteiger partial charge in [0.2, 0.25) is 0 Å². The highest BCUT2D eigenvalue weighted by molar-refractivity contribution is 5.80. The Kier molecular flexibility index (Phi) is 9.11. The van der Waals surface area contributed by atoms with Crippen molar-refractivity contribution in [1.29, 1.82) is 0 Å². The third kappa shape index (κ3) is 7.90. The first-order valence-corrected chi connectivity index (χ1v) is 10.3.